The highest BCUT2D eigenvalue weighted by atomic mass is 35.6. The number of nitrogens with one attached hydrogen (secondary N) is 1. The first-order chi connectivity index (χ1) is 7.58. The number of hydrogen-bond acceptors (Lipinski definition) is 4. The van der Waals surface area contributed by atoms with Crippen molar-refractivity contribution in [3.8, 4) is 0 Å². The van der Waals surface area contributed by atoms with Crippen LogP contribution in [0.5, 0.6) is 0 Å². The van der Waals surface area contributed by atoms with Crippen molar-refractivity contribution in [2.45, 2.75) is 13.8 Å². The highest BCUT2D eigenvalue weighted by molar-refractivity contribution is 6.74. The quantitative estimate of drug-likeness (QED) is 0.532. The molecule has 0 aromatic heterocycles. The van der Waals surface area contributed by atoms with Crippen molar-refractivity contribution in [2.75, 3.05) is 0 Å². The summed E-state index contributed by atoms with van der Waals surface area (Å²) in [7, 11) is 0. The third-order valence-electron chi connectivity index (χ3n) is 1.29. The van der Waals surface area contributed by atoms with Gasteiger partial charge in [0.25, 0.3) is 0 Å². The number of hydrogen-bond donors (Lipinski definition) is 1. The molecule has 0 fully saturated rings. The molecule has 5 nitrogen and oxygen atoms in total. The Morgan fingerprint density at radius 3 is 2.35 bits per heavy atom. The SMILES string of the molecule is O=C1NC(N=CC(Cl)(Cl)Cl)=NC(C(Cl)(Cl)Cl)O1. The van der Waals surface area contributed by atoms with Crippen LogP contribution in [-0.2, 0) is 4.74 Å². The molecular formula is C6H3Cl6N3O2. The van der Waals surface area contributed by atoms with Crippen LogP contribution in [0.4, 0.5) is 4.79 Å². The van der Waals surface area contributed by atoms with Crippen molar-refractivity contribution in [3.05, 3.63) is 0 Å². The Balaban J connectivity index is 2.88. The molecule has 0 aliphatic carbocycles. The summed E-state index contributed by atoms with van der Waals surface area (Å²) < 4.78 is 0.953. The molecule has 0 bridgehead atoms. The molecule has 0 saturated heterocycles. The van der Waals surface area contributed by atoms with E-state index in [0.717, 1.165) is 6.21 Å². The van der Waals surface area contributed by atoms with Crippen molar-refractivity contribution >= 4 is 87.9 Å². The van der Waals surface area contributed by atoms with Crippen molar-refractivity contribution in [1.82, 2.24) is 5.32 Å². The van der Waals surface area contributed by atoms with Crippen LogP contribution >= 0.6 is 69.6 Å². The van der Waals surface area contributed by atoms with E-state index in [4.69, 9.17) is 69.6 Å². The molecular weight excluding hydrogens is 359 g/mol. The molecule has 0 aromatic rings. The topological polar surface area (TPSA) is 63.0 Å². The van der Waals surface area contributed by atoms with Gasteiger partial charge in [-0.15, -0.1) is 0 Å². The van der Waals surface area contributed by atoms with Gasteiger partial charge in [-0.05, 0) is 0 Å². The zero-order valence-electron chi connectivity index (χ0n) is 7.63. The Morgan fingerprint density at radius 2 is 1.88 bits per heavy atom. The number of ether oxygens (including phenoxy) is 1. The Hall–Kier alpha value is 0.350. The fraction of sp³-hybridized carbons (Fsp3) is 0.500. The normalized spacial score (nSPS) is 22.1. The number of rotatable bonds is 0. The highest BCUT2D eigenvalue weighted by Crippen LogP contribution is 2.34. The monoisotopic (exact) mass is 359 g/mol. The lowest BCUT2D eigenvalue weighted by Crippen LogP contribution is -2.43. The molecule has 1 heterocycles. The Kier molecular flexibility index (Phi) is 5.03. The maximum absolute atomic E-state index is 11.1. The molecule has 1 rings (SSSR count). The molecule has 0 aromatic carbocycles. The number of halogens is 6. The number of alkyl halides is 6. The second-order valence-electron chi connectivity index (χ2n) is 2.68. The Morgan fingerprint density at radius 1 is 1.29 bits per heavy atom. The highest BCUT2D eigenvalue weighted by Gasteiger charge is 2.39. The van der Waals surface area contributed by atoms with E-state index in [1.807, 2.05) is 0 Å². The number of alkyl carbamates (subject to hydrolysis) is 1. The van der Waals surface area contributed by atoms with Crippen LogP contribution in [0.15, 0.2) is 9.98 Å². The number of amides is 1. The van der Waals surface area contributed by atoms with E-state index >= 15 is 0 Å². The van der Waals surface area contributed by atoms with Crippen molar-refractivity contribution in [1.29, 1.82) is 0 Å². The van der Waals surface area contributed by atoms with Gasteiger partial charge in [0, 0.05) is 0 Å². The lowest BCUT2D eigenvalue weighted by atomic mass is 10.6. The minimum atomic E-state index is -1.92. The Bertz CT molecular complexity index is 371. The van der Waals surface area contributed by atoms with Gasteiger partial charge in [0.05, 0.1) is 6.21 Å². The number of aliphatic imine (C=N–C) groups is 2. The molecule has 0 spiro atoms. The number of nitrogens with zero attached hydrogens (tertiary/aromatic N) is 2. The zero-order valence-corrected chi connectivity index (χ0v) is 12.2. The van der Waals surface area contributed by atoms with Gasteiger partial charge in [-0.1, -0.05) is 69.6 Å². The first kappa shape index (κ1) is 15.4. The predicted molar refractivity (Wildman–Crippen MR) is 69.9 cm³/mol. The molecule has 1 N–H and O–H groups in total. The van der Waals surface area contributed by atoms with E-state index in [1.165, 1.54) is 0 Å². The van der Waals surface area contributed by atoms with Crippen LogP contribution in [-0.4, -0.2) is 32.1 Å². The fourth-order valence-corrected chi connectivity index (χ4v) is 1.16. The summed E-state index contributed by atoms with van der Waals surface area (Å²) in [6.45, 7) is 0. The van der Waals surface area contributed by atoms with Gasteiger partial charge < -0.3 is 4.74 Å². The molecule has 1 aliphatic heterocycles. The van der Waals surface area contributed by atoms with Gasteiger partial charge in [0.1, 0.15) is 0 Å². The smallest absolute Gasteiger partial charge is 0.416 e. The minimum absolute atomic E-state index is 0.191. The zero-order chi connectivity index (χ0) is 13.3. The van der Waals surface area contributed by atoms with Crippen LogP contribution in [0.25, 0.3) is 0 Å². The molecule has 96 valence electrons. The molecule has 1 aliphatic rings. The lowest BCUT2D eigenvalue weighted by molar-refractivity contribution is 0.101. The summed E-state index contributed by atoms with van der Waals surface area (Å²) in [6.07, 6.45) is -1.28. The van der Waals surface area contributed by atoms with E-state index in [9.17, 15) is 4.79 Å². The Labute approximate surface area is 126 Å². The molecule has 11 heteroatoms. The van der Waals surface area contributed by atoms with Gasteiger partial charge in [-0.3, -0.25) is 5.32 Å². The number of cyclic esters (lactones) is 1. The number of carbonyl (C=O) groups excluding carboxylic acids is 1. The van der Waals surface area contributed by atoms with Gasteiger partial charge in [-0.2, -0.15) is 0 Å². The molecule has 0 radical (unpaired) electrons. The number of carbonyl (C=O) groups is 1. The second-order valence-corrected chi connectivity index (χ2v) is 7.41. The summed E-state index contributed by atoms with van der Waals surface area (Å²) >= 11 is 32.8. The molecule has 0 saturated carbocycles. The minimum Gasteiger partial charge on any atom is -0.418 e. The van der Waals surface area contributed by atoms with Gasteiger partial charge in [0.15, 0.2) is 0 Å². The van der Waals surface area contributed by atoms with E-state index < -0.39 is 19.9 Å². The van der Waals surface area contributed by atoms with E-state index in [-0.39, 0.29) is 5.96 Å². The van der Waals surface area contributed by atoms with Crippen LogP contribution in [0, 0.1) is 0 Å². The fourth-order valence-electron chi connectivity index (χ4n) is 0.732. The summed E-state index contributed by atoms with van der Waals surface area (Å²) in [4.78, 5) is 18.4. The lowest BCUT2D eigenvalue weighted by Gasteiger charge is -2.24. The van der Waals surface area contributed by atoms with Crippen LogP contribution in [0.2, 0.25) is 0 Å². The molecule has 1 atom stereocenters. The van der Waals surface area contributed by atoms with Crippen molar-refractivity contribution < 1.29 is 9.53 Å². The third-order valence-corrected chi connectivity index (χ3v) is 2.14. The first-order valence-electron chi connectivity index (χ1n) is 3.82. The van der Waals surface area contributed by atoms with Gasteiger partial charge in [0.2, 0.25) is 19.8 Å². The maximum atomic E-state index is 11.1. The summed E-state index contributed by atoms with van der Waals surface area (Å²) in [5.74, 6) is -0.191. The number of guanidine groups is 1. The first-order valence-corrected chi connectivity index (χ1v) is 6.09. The predicted octanol–water partition coefficient (Wildman–Crippen LogP) is 3.22. The van der Waals surface area contributed by atoms with Gasteiger partial charge >= 0.3 is 6.09 Å². The largest absolute Gasteiger partial charge is 0.418 e. The van der Waals surface area contributed by atoms with E-state index in [0.29, 0.717) is 0 Å². The maximum Gasteiger partial charge on any atom is 0.416 e. The third kappa shape index (κ3) is 5.68. The molecule has 1 unspecified atom stereocenters. The van der Waals surface area contributed by atoms with Crippen molar-refractivity contribution in [3.63, 3.8) is 0 Å². The van der Waals surface area contributed by atoms with Crippen LogP contribution in [0.3, 0.4) is 0 Å². The van der Waals surface area contributed by atoms with E-state index in [2.05, 4.69) is 20.0 Å². The van der Waals surface area contributed by atoms with Crippen molar-refractivity contribution in [2.24, 2.45) is 9.98 Å². The second kappa shape index (κ2) is 5.55. The summed E-state index contributed by atoms with van der Waals surface area (Å²) in [5.41, 5.74) is 0. The summed E-state index contributed by atoms with van der Waals surface area (Å²) in [5, 5.41) is 2.13. The van der Waals surface area contributed by atoms with Crippen LogP contribution in [0.1, 0.15) is 0 Å². The average molecular weight is 362 g/mol. The standard InChI is InChI=1S/C6H3Cl6N3O2/c7-5(8,9)1-13-3-14-2(6(10,11)12)17-4(16)15-3/h1-2H,(H,14,15,16). The van der Waals surface area contributed by atoms with Crippen LogP contribution < -0.4 is 5.32 Å². The van der Waals surface area contributed by atoms with Gasteiger partial charge in [-0.25, -0.2) is 14.8 Å². The molecule has 1 amide bonds. The molecule has 17 heavy (non-hydrogen) atoms. The average Bonchev–Trinajstić information content (AvgIpc) is 2.11. The van der Waals surface area contributed by atoms with E-state index in [1.54, 1.807) is 0 Å². The summed E-state index contributed by atoms with van der Waals surface area (Å²) in [6, 6.07) is 0.